The van der Waals surface area contributed by atoms with Crippen molar-refractivity contribution in [2.24, 2.45) is 0 Å². The number of ether oxygens (including phenoxy) is 3. The number of nitrogens with one attached hydrogen (secondary N) is 2. The highest BCUT2D eigenvalue weighted by atomic mass is 32.2. The Bertz CT molecular complexity index is 1090. The summed E-state index contributed by atoms with van der Waals surface area (Å²) >= 11 is 0. The van der Waals surface area contributed by atoms with E-state index in [1.165, 1.54) is 33.3 Å². The molecule has 176 valence electrons. The van der Waals surface area contributed by atoms with Crippen LogP contribution in [-0.2, 0) is 19.5 Å². The van der Waals surface area contributed by atoms with Gasteiger partial charge in [0, 0.05) is 32.6 Å². The number of H-pyrrole nitrogens is 1. The number of aromatic amines is 1. The van der Waals surface area contributed by atoms with E-state index in [1.54, 1.807) is 26.8 Å². The molecule has 1 aromatic carbocycles. The molecule has 0 aliphatic heterocycles. The van der Waals surface area contributed by atoms with Crippen LogP contribution in [0.5, 0.6) is 5.75 Å². The Kier molecular flexibility index (Phi) is 8.42. The Labute approximate surface area is 187 Å². The molecule has 2 N–H and O–H groups in total. The maximum atomic E-state index is 12.9. The summed E-state index contributed by atoms with van der Waals surface area (Å²) in [7, 11) is 0.514. The lowest BCUT2D eigenvalue weighted by atomic mass is 10.1. The zero-order chi connectivity index (χ0) is 24.1. The quantitative estimate of drug-likeness (QED) is 0.405. The van der Waals surface area contributed by atoms with E-state index >= 15 is 0 Å². The van der Waals surface area contributed by atoms with Gasteiger partial charge in [0.2, 0.25) is 10.0 Å². The predicted octanol–water partition coefficient (Wildman–Crippen LogP) is 2.34. The summed E-state index contributed by atoms with van der Waals surface area (Å²) in [6.07, 6.45) is 0. The maximum Gasteiger partial charge on any atom is 0.340 e. The van der Waals surface area contributed by atoms with Crippen molar-refractivity contribution in [1.29, 1.82) is 0 Å². The average Bonchev–Trinajstić information content (AvgIpc) is 3.03. The van der Waals surface area contributed by atoms with Crippen LogP contribution in [0.25, 0.3) is 0 Å². The Morgan fingerprint density at radius 3 is 2.44 bits per heavy atom. The van der Waals surface area contributed by atoms with Crippen LogP contribution in [-0.4, -0.2) is 70.6 Å². The molecule has 0 saturated heterocycles. The highest BCUT2D eigenvalue weighted by Gasteiger charge is 2.25. The monoisotopic (exact) mass is 467 g/mol. The van der Waals surface area contributed by atoms with Gasteiger partial charge in [0.15, 0.2) is 0 Å². The number of methoxy groups -OCH3 is 1. The van der Waals surface area contributed by atoms with Crippen LogP contribution in [0.3, 0.4) is 0 Å². The summed E-state index contributed by atoms with van der Waals surface area (Å²) in [5, 5.41) is 2.67. The molecule has 10 nitrogen and oxygen atoms in total. The van der Waals surface area contributed by atoms with Gasteiger partial charge < -0.3 is 24.5 Å². The molecule has 1 amide bonds. The van der Waals surface area contributed by atoms with Gasteiger partial charge in [-0.3, -0.25) is 4.79 Å². The summed E-state index contributed by atoms with van der Waals surface area (Å²) in [5.41, 5.74) is 1.61. The molecule has 2 aromatic rings. The SMILES string of the molecule is CCOc1ccc(NC(=O)c2[nH]c(C)c(C(=O)OCCOC)c2C)cc1S(=O)(=O)N(C)C. The maximum absolute atomic E-state index is 12.9. The summed E-state index contributed by atoms with van der Waals surface area (Å²) < 4.78 is 41.9. The van der Waals surface area contributed by atoms with Gasteiger partial charge in [0.25, 0.3) is 5.91 Å². The smallest absolute Gasteiger partial charge is 0.340 e. The van der Waals surface area contributed by atoms with Gasteiger partial charge in [0.05, 0.1) is 18.8 Å². The minimum absolute atomic E-state index is 0.0658. The van der Waals surface area contributed by atoms with Crippen LogP contribution in [0.1, 0.15) is 39.0 Å². The highest BCUT2D eigenvalue weighted by molar-refractivity contribution is 7.89. The lowest BCUT2D eigenvalue weighted by molar-refractivity contribution is 0.0386. The first-order chi connectivity index (χ1) is 15.0. The first-order valence-electron chi connectivity index (χ1n) is 9.90. The van der Waals surface area contributed by atoms with E-state index in [1.807, 2.05) is 0 Å². The number of rotatable bonds is 10. The van der Waals surface area contributed by atoms with E-state index in [2.05, 4.69) is 10.3 Å². The van der Waals surface area contributed by atoms with Crippen LogP contribution < -0.4 is 10.1 Å². The minimum Gasteiger partial charge on any atom is -0.492 e. The molecule has 0 saturated carbocycles. The van der Waals surface area contributed by atoms with Gasteiger partial charge >= 0.3 is 5.97 Å². The van der Waals surface area contributed by atoms with Gasteiger partial charge in [-0.25, -0.2) is 17.5 Å². The third kappa shape index (κ3) is 5.47. The zero-order valence-electron chi connectivity index (χ0n) is 19.1. The van der Waals surface area contributed by atoms with E-state index in [9.17, 15) is 18.0 Å². The van der Waals surface area contributed by atoms with Gasteiger partial charge in [0.1, 0.15) is 22.9 Å². The molecule has 0 bridgehead atoms. The molecule has 0 aliphatic carbocycles. The second-order valence-corrected chi connectivity index (χ2v) is 9.21. The first kappa shape index (κ1) is 25.4. The predicted molar refractivity (Wildman–Crippen MR) is 119 cm³/mol. The van der Waals surface area contributed by atoms with Crippen molar-refractivity contribution in [2.75, 3.05) is 46.3 Å². The van der Waals surface area contributed by atoms with Crippen LogP contribution in [0, 0.1) is 13.8 Å². The van der Waals surface area contributed by atoms with E-state index < -0.39 is 21.9 Å². The Morgan fingerprint density at radius 2 is 1.84 bits per heavy atom. The molecule has 0 unspecified atom stereocenters. The normalized spacial score (nSPS) is 11.5. The van der Waals surface area contributed by atoms with Crippen molar-refractivity contribution >= 4 is 27.6 Å². The molecule has 1 heterocycles. The fourth-order valence-corrected chi connectivity index (χ4v) is 4.08. The van der Waals surface area contributed by atoms with Crippen molar-refractivity contribution < 1.29 is 32.2 Å². The Hall–Kier alpha value is -2.89. The molecule has 32 heavy (non-hydrogen) atoms. The first-order valence-corrected chi connectivity index (χ1v) is 11.3. The molecule has 0 atom stereocenters. The molecule has 0 spiro atoms. The fourth-order valence-electron chi connectivity index (χ4n) is 3.03. The highest BCUT2D eigenvalue weighted by Crippen LogP contribution is 2.30. The standard InChI is InChI=1S/C21H29N3O7S/c1-7-30-16-9-8-15(12-17(16)32(27,28)24(4)5)23-20(25)19-13(2)18(14(3)22-19)21(26)31-11-10-29-6/h8-9,12,22H,7,10-11H2,1-6H3,(H,23,25). The van der Waals surface area contributed by atoms with E-state index in [0.717, 1.165) is 4.31 Å². The summed E-state index contributed by atoms with van der Waals surface area (Å²) in [4.78, 5) is 28.1. The van der Waals surface area contributed by atoms with Gasteiger partial charge in [-0.2, -0.15) is 0 Å². The summed E-state index contributed by atoms with van der Waals surface area (Å²) in [5.74, 6) is -0.904. The average molecular weight is 468 g/mol. The Morgan fingerprint density at radius 1 is 1.16 bits per heavy atom. The number of aryl methyl sites for hydroxylation is 1. The molecule has 11 heteroatoms. The van der Waals surface area contributed by atoms with Crippen LogP contribution in [0.4, 0.5) is 5.69 Å². The van der Waals surface area contributed by atoms with Crippen LogP contribution in [0.15, 0.2) is 23.1 Å². The van der Waals surface area contributed by atoms with Gasteiger partial charge in [-0.05, 0) is 44.5 Å². The fraction of sp³-hybridized carbons (Fsp3) is 0.429. The second-order valence-electron chi connectivity index (χ2n) is 7.09. The number of anilines is 1. The van der Waals surface area contributed by atoms with E-state index in [4.69, 9.17) is 14.2 Å². The lowest BCUT2D eigenvalue weighted by Gasteiger charge is -2.16. The zero-order valence-corrected chi connectivity index (χ0v) is 19.9. The van der Waals surface area contributed by atoms with Gasteiger partial charge in [-0.1, -0.05) is 0 Å². The van der Waals surface area contributed by atoms with Gasteiger partial charge in [-0.15, -0.1) is 0 Å². The molecule has 0 fully saturated rings. The lowest BCUT2D eigenvalue weighted by Crippen LogP contribution is -2.23. The number of carbonyl (C=O) groups is 2. The van der Waals surface area contributed by atoms with Crippen LogP contribution >= 0.6 is 0 Å². The third-order valence-electron chi connectivity index (χ3n) is 4.65. The topological polar surface area (TPSA) is 127 Å². The van der Waals surface area contributed by atoms with Crippen molar-refractivity contribution in [1.82, 2.24) is 9.29 Å². The van der Waals surface area contributed by atoms with Crippen molar-refractivity contribution in [2.45, 2.75) is 25.7 Å². The number of benzene rings is 1. The molecular formula is C21H29N3O7S. The summed E-state index contributed by atoms with van der Waals surface area (Å²) in [6, 6.07) is 4.37. The summed E-state index contributed by atoms with van der Waals surface area (Å²) in [6.45, 7) is 5.68. The molecule has 2 rings (SSSR count). The minimum atomic E-state index is -3.81. The molecule has 1 aromatic heterocycles. The van der Waals surface area contributed by atoms with Crippen molar-refractivity contribution in [3.63, 3.8) is 0 Å². The number of carbonyl (C=O) groups excluding carboxylic acids is 2. The number of esters is 1. The van der Waals surface area contributed by atoms with E-state index in [0.29, 0.717) is 11.3 Å². The Balaban J connectivity index is 2.34. The van der Waals surface area contributed by atoms with Crippen molar-refractivity contribution in [3.05, 3.63) is 40.7 Å². The number of aromatic nitrogens is 1. The van der Waals surface area contributed by atoms with E-state index in [-0.39, 0.29) is 47.4 Å². The number of hydrogen-bond donors (Lipinski definition) is 2. The molecule has 0 radical (unpaired) electrons. The van der Waals surface area contributed by atoms with Crippen molar-refractivity contribution in [3.8, 4) is 5.75 Å². The molecular weight excluding hydrogens is 438 g/mol. The number of hydrogen-bond acceptors (Lipinski definition) is 7. The number of amides is 1. The number of nitrogens with zero attached hydrogens (tertiary/aromatic N) is 1. The second kappa shape index (κ2) is 10.6. The van der Waals surface area contributed by atoms with Crippen LogP contribution in [0.2, 0.25) is 0 Å². The molecule has 0 aliphatic rings. The third-order valence-corrected chi connectivity index (χ3v) is 6.49. The largest absolute Gasteiger partial charge is 0.492 e. The number of sulfonamides is 1.